The lowest BCUT2D eigenvalue weighted by Gasteiger charge is -2.20. The zero-order valence-electron chi connectivity index (χ0n) is 11.3. The maximum atomic E-state index is 8.62. The second-order valence-corrected chi connectivity index (χ2v) is 5.24. The lowest BCUT2D eigenvalue weighted by molar-refractivity contribution is 0.257. The van der Waals surface area contributed by atoms with Gasteiger partial charge in [0.15, 0.2) is 0 Å². The number of nitrogens with two attached hydrogens (primary N) is 1. The molecule has 1 saturated carbocycles. The van der Waals surface area contributed by atoms with Gasteiger partial charge in [-0.1, -0.05) is 11.2 Å². The molecular weight excluding hydrogens is 254 g/mol. The Bertz CT molecular complexity index is 584. The average molecular weight is 273 g/mol. The molecule has 2 aromatic heterocycles. The summed E-state index contributed by atoms with van der Waals surface area (Å²) in [5.74, 6) is 0.283. The quantitative estimate of drug-likeness (QED) is 0.361. The number of amidine groups is 1. The van der Waals surface area contributed by atoms with Crippen molar-refractivity contribution in [3.05, 3.63) is 36.3 Å². The van der Waals surface area contributed by atoms with E-state index in [9.17, 15) is 0 Å². The molecule has 0 aliphatic heterocycles. The van der Waals surface area contributed by atoms with Crippen molar-refractivity contribution in [2.75, 3.05) is 6.54 Å². The molecule has 0 aromatic carbocycles. The van der Waals surface area contributed by atoms with Gasteiger partial charge in [-0.25, -0.2) is 4.98 Å². The number of pyridine rings is 1. The normalized spacial score (nSPS) is 16.1. The largest absolute Gasteiger partial charge is 0.409 e. The lowest BCUT2D eigenvalue weighted by atomic mass is 10.3. The van der Waals surface area contributed by atoms with Gasteiger partial charge in [-0.15, -0.1) is 0 Å². The van der Waals surface area contributed by atoms with Crippen molar-refractivity contribution < 1.29 is 5.21 Å². The fraction of sp³-hybridized carbons (Fsp3) is 0.429. The van der Waals surface area contributed by atoms with E-state index >= 15 is 0 Å². The van der Waals surface area contributed by atoms with E-state index in [0.717, 1.165) is 24.4 Å². The Kier molecular flexibility index (Phi) is 3.56. The molecule has 0 unspecified atom stereocenters. The van der Waals surface area contributed by atoms with Gasteiger partial charge in [-0.2, -0.15) is 0 Å². The Morgan fingerprint density at radius 2 is 2.35 bits per heavy atom. The molecule has 0 spiro atoms. The van der Waals surface area contributed by atoms with Gasteiger partial charge in [0.1, 0.15) is 11.5 Å². The summed E-state index contributed by atoms with van der Waals surface area (Å²) in [4.78, 5) is 6.98. The zero-order chi connectivity index (χ0) is 13.9. The number of imidazole rings is 1. The summed E-state index contributed by atoms with van der Waals surface area (Å²) in [6, 6.07) is 6.60. The standard InChI is InChI=1S/C14H19N5O/c15-13(17-20)6-8-18(12-4-5-12)9-11-10-19-7-2-1-3-14(19)16-11/h1-3,7,10,12,20H,4-6,8-9H2,(H2,15,17). The van der Waals surface area contributed by atoms with Gasteiger partial charge in [-0.05, 0) is 25.0 Å². The van der Waals surface area contributed by atoms with Crippen molar-refractivity contribution in [3.8, 4) is 0 Å². The lowest BCUT2D eigenvalue weighted by Crippen LogP contribution is -2.30. The third kappa shape index (κ3) is 2.91. The summed E-state index contributed by atoms with van der Waals surface area (Å²) < 4.78 is 2.03. The van der Waals surface area contributed by atoms with Crippen LogP contribution in [-0.4, -0.2) is 37.9 Å². The van der Waals surface area contributed by atoms with E-state index in [1.807, 2.05) is 28.8 Å². The first-order valence-corrected chi connectivity index (χ1v) is 6.89. The Labute approximate surface area is 117 Å². The molecule has 0 amide bonds. The van der Waals surface area contributed by atoms with Crippen LogP contribution in [0.4, 0.5) is 0 Å². The monoisotopic (exact) mass is 273 g/mol. The molecule has 3 rings (SSSR count). The molecule has 1 aliphatic carbocycles. The van der Waals surface area contributed by atoms with Crippen molar-refractivity contribution in [1.29, 1.82) is 0 Å². The van der Waals surface area contributed by atoms with Crippen LogP contribution < -0.4 is 5.73 Å². The van der Waals surface area contributed by atoms with E-state index in [-0.39, 0.29) is 5.84 Å². The van der Waals surface area contributed by atoms with Crippen molar-refractivity contribution >= 4 is 11.5 Å². The Balaban J connectivity index is 1.69. The molecule has 2 aromatic rings. The third-order valence-corrected chi connectivity index (χ3v) is 3.63. The first-order chi connectivity index (χ1) is 9.76. The van der Waals surface area contributed by atoms with Gasteiger partial charge in [0, 0.05) is 37.9 Å². The molecular formula is C14H19N5O. The Morgan fingerprint density at radius 1 is 1.50 bits per heavy atom. The molecule has 2 heterocycles. The summed E-state index contributed by atoms with van der Waals surface area (Å²) in [6.45, 7) is 1.61. The predicted molar refractivity (Wildman–Crippen MR) is 76.6 cm³/mol. The van der Waals surface area contributed by atoms with Crippen molar-refractivity contribution in [2.24, 2.45) is 10.9 Å². The molecule has 0 saturated heterocycles. The van der Waals surface area contributed by atoms with Crippen LogP contribution in [0.2, 0.25) is 0 Å². The highest BCUT2D eigenvalue weighted by molar-refractivity contribution is 5.79. The van der Waals surface area contributed by atoms with Crippen LogP contribution in [0.1, 0.15) is 25.0 Å². The van der Waals surface area contributed by atoms with E-state index in [2.05, 4.69) is 21.2 Å². The molecule has 20 heavy (non-hydrogen) atoms. The molecule has 6 nitrogen and oxygen atoms in total. The van der Waals surface area contributed by atoms with E-state index in [1.165, 1.54) is 12.8 Å². The highest BCUT2D eigenvalue weighted by atomic mass is 16.4. The van der Waals surface area contributed by atoms with Crippen LogP contribution >= 0.6 is 0 Å². The minimum Gasteiger partial charge on any atom is -0.409 e. The summed E-state index contributed by atoms with van der Waals surface area (Å²) in [7, 11) is 0. The number of fused-ring (bicyclic) bond motifs is 1. The fourth-order valence-corrected chi connectivity index (χ4v) is 2.41. The molecule has 6 heteroatoms. The van der Waals surface area contributed by atoms with Crippen LogP contribution in [0.3, 0.4) is 0 Å². The number of oxime groups is 1. The van der Waals surface area contributed by atoms with Gasteiger partial charge in [-0.3, -0.25) is 4.90 Å². The van der Waals surface area contributed by atoms with E-state index < -0.39 is 0 Å². The van der Waals surface area contributed by atoms with Crippen LogP contribution in [0.5, 0.6) is 0 Å². The zero-order valence-corrected chi connectivity index (χ0v) is 11.3. The molecule has 3 N–H and O–H groups in total. The Morgan fingerprint density at radius 3 is 3.05 bits per heavy atom. The highest BCUT2D eigenvalue weighted by Gasteiger charge is 2.29. The summed E-state index contributed by atoms with van der Waals surface area (Å²) in [5.41, 5.74) is 7.58. The first kappa shape index (κ1) is 12.9. The SMILES string of the molecule is NC(CCN(Cc1cn2ccccc2n1)C1CC1)=NO. The van der Waals surface area contributed by atoms with Crippen molar-refractivity contribution in [2.45, 2.75) is 31.8 Å². The van der Waals surface area contributed by atoms with E-state index in [0.29, 0.717) is 12.5 Å². The molecule has 106 valence electrons. The minimum absolute atomic E-state index is 0.283. The average Bonchev–Trinajstić information content (AvgIpc) is 3.22. The molecule has 0 radical (unpaired) electrons. The number of hydrogen-bond donors (Lipinski definition) is 2. The van der Waals surface area contributed by atoms with Crippen LogP contribution in [-0.2, 0) is 6.54 Å². The maximum absolute atomic E-state index is 8.62. The number of hydrogen-bond acceptors (Lipinski definition) is 4. The van der Waals surface area contributed by atoms with E-state index in [4.69, 9.17) is 10.9 Å². The number of rotatable bonds is 6. The highest BCUT2D eigenvalue weighted by Crippen LogP contribution is 2.28. The number of aromatic nitrogens is 2. The maximum Gasteiger partial charge on any atom is 0.140 e. The van der Waals surface area contributed by atoms with Gasteiger partial charge >= 0.3 is 0 Å². The predicted octanol–water partition coefficient (Wildman–Crippen LogP) is 1.44. The fourth-order valence-electron chi connectivity index (χ4n) is 2.41. The van der Waals surface area contributed by atoms with Gasteiger partial charge in [0.05, 0.1) is 5.69 Å². The van der Waals surface area contributed by atoms with Crippen molar-refractivity contribution in [3.63, 3.8) is 0 Å². The Hall–Kier alpha value is -2.08. The second-order valence-electron chi connectivity index (χ2n) is 5.24. The molecule has 0 bridgehead atoms. The summed E-state index contributed by atoms with van der Waals surface area (Å²) in [6.07, 6.45) is 7.10. The minimum atomic E-state index is 0.283. The van der Waals surface area contributed by atoms with Gasteiger partial charge < -0.3 is 15.3 Å². The van der Waals surface area contributed by atoms with Gasteiger partial charge in [0.2, 0.25) is 0 Å². The first-order valence-electron chi connectivity index (χ1n) is 6.89. The third-order valence-electron chi connectivity index (χ3n) is 3.63. The van der Waals surface area contributed by atoms with Crippen LogP contribution in [0, 0.1) is 0 Å². The summed E-state index contributed by atoms with van der Waals surface area (Å²) >= 11 is 0. The summed E-state index contributed by atoms with van der Waals surface area (Å²) in [5, 5.41) is 11.6. The second kappa shape index (κ2) is 5.50. The van der Waals surface area contributed by atoms with Crippen molar-refractivity contribution in [1.82, 2.24) is 14.3 Å². The van der Waals surface area contributed by atoms with Crippen LogP contribution in [0.25, 0.3) is 5.65 Å². The van der Waals surface area contributed by atoms with Gasteiger partial charge in [0.25, 0.3) is 0 Å². The topological polar surface area (TPSA) is 79.2 Å². The van der Waals surface area contributed by atoms with Crippen LogP contribution in [0.15, 0.2) is 35.7 Å². The molecule has 1 fully saturated rings. The number of nitrogens with zero attached hydrogens (tertiary/aromatic N) is 4. The smallest absolute Gasteiger partial charge is 0.140 e. The molecule has 1 aliphatic rings. The molecule has 0 atom stereocenters. The van der Waals surface area contributed by atoms with E-state index in [1.54, 1.807) is 0 Å².